The van der Waals surface area contributed by atoms with E-state index in [9.17, 15) is 18.4 Å². The minimum atomic E-state index is -1.17. The fourth-order valence-electron chi connectivity index (χ4n) is 3.21. The molecule has 2 heterocycles. The highest BCUT2D eigenvalue weighted by Crippen LogP contribution is 2.23. The number of halogens is 2. The first-order chi connectivity index (χ1) is 15.3. The van der Waals surface area contributed by atoms with Gasteiger partial charge in [0.15, 0.2) is 17.4 Å². The molecule has 1 amide bonds. The summed E-state index contributed by atoms with van der Waals surface area (Å²) in [6, 6.07) is 8.67. The topological polar surface area (TPSA) is 91.0 Å². The number of fused-ring (bicyclic) bond motifs is 1. The largest absolute Gasteiger partial charge is 0.412 e. The molecule has 4 rings (SSSR count). The Hall–Kier alpha value is -4.08. The van der Waals surface area contributed by atoms with E-state index in [1.165, 1.54) is 10.8 Å². The van der Waals surface area contributed by atoms with E-state index < -0.39 is 23.2 Å². The van der Waals surface area contributed by atoms with E-state index in [1.54, 1.807) is 43.1 Å². The van der Waals surface area contributed by atoms with Gasteiger partial charge in [-0.2, -0.15) is 0 Å². The van der Waals surface area contributed by atoms with Crippen molar-refractivity contribution in [3.63, 3.8) is 0 Å². The Labute approximate surface area is 181 Å². The predicted molar refractivity (Wildman–Crippen MR) is 113 cm³/mol. The fraction of sp³-hybridized carbons (Fsp3) is 0.182. The summed E-state index contributed by atoms with van der Waals surface area (Å²) in [6.07, 6.45) is 3.76. The van der Waals surface area contributed by atoms with Crippen LogP contribution < -0.4 is 15.5 Å². The molecule has 0 unspecified atom stereocenters. The van der Waals surface area contributed by atoms with Gasteiger partial charge in [0, 0.05) is 24.0 Å². The van der Waals surface area contributed by atoms with Crippen LogP contribution in [0.25, 0.3) is 16.6 Å². The maximum absolute atomic E-state index is 14.0. The second-order valence-corrected chi connectivity index (χ2v) is 7.43. The molecular weight excluding hydrogens is 420 g/mol. The zero-order valence-corrected chi connectivity index (χ0v) is 17.3. The van der Waals surface area contributed by atoms with Gasteiger partial charge < -0.3 is 14.6 Å². The molecule has 0 saturated heterocycles. The number of hydrogen-bond donors (Lipinski definition) is 1. The minimum absolute atomic E-state index is 0.120. The van der Waals surface area contributed by atoms with Gasteiger partial charge in [0.1, 0.15) is 0 Å². The first kappa shape index (κ1) is 21.2. The Bertz CT molecular complexity index is 1330. The highest BCUT2D eigenvalue weighted by atomic mass is 19.2. The molecule has 10 heteroatoms. The van der Waals surface area contributed by atoms with Crippen molar-refractivity contribution in [2.45, 2.75) is 26.4 Å². The number of nitrogens with one attached hydrogen (secondary N) is 1. The van der Waals surface area contributed by atoms with Crippen molar-refractivity contribution in [2.24, 2.45) is 0 Å². The Morgan fingerprint density at radius 2 is 1.88 bits per heavy atom. The van der Waals surface area contributed by atoms with Gasteiger partial charge in [-0.1, -0.05) is 17.3 Å². The molecule has 0 saturated carbocycles. The van der Waals surface area contributed by atoms with Crippen molar-refractivity contribution in [3.05, 3.63) is 82.4 Å². The number of pyridine rings is 1. The average Bonchev–Trinajstić information content (AvgIpc) is 3.25. The van der Waals surface area contributed by atoms with Crippen LogP contribution in [0.2, 0.25) is 0 Å². The summed E-state index contributed by atoms with van der Waals surface area (Å²) in [7, 11) is 0. The van der Waals surface area contributed by atoms with Gasteiger partial charge in [-0.05, 0) is 37.6 Å². The second kappa shape index (κ2) is 8.58. The lowest BCUT2D eigenvalue weighted by Gasteiger charge is -2.15. The number of rotatable bonds is 5. The van der Waals surface area contributed by atoms with Crippen LogP contribution in [0.5, 0.6) is 5.75 Å². The summed E-state index contributed by atoms with van der Waals surface area (Å²) in [5, 5.41) is 10.1. The smallest absolute Gasteiger partial charge is 0.405 e. The summed E-state index contributed by atoms with van der Waals surface area (Å²) < 4.78 is 36.2. The standard InChI is InChI=1S/C22H19F2N5O3/c1-13(2)26-22(31)32-20-12-29(19-10-18(24)17(23)9-16(19)21(20)30)15-5-3-14(4-6-15)11-28-8-7-25-27-28/h3-10,12-13H,11H2,1-2H3,(H,26,31). The Balaban J connectivity index is 1.80. The van der Waals surface area contributed by atoms with Crippen LogP contribution in [0.1, 0.15) is 19.4 Å². The fourth-order valence-corrected chi connectivity index (χ4v) is 3.21. The highest BCUT2D eigenvalue weighted by molar-refractivity contribution is 5.83. The second-order valence-electron chi connectivity index (χ2n) is 7.43. The van der Waals surface area contributed by atoms with E-state index in [-0.39, 0.29) is 22.7 Å². The van der Waals surface area contributed by atoms with Crippen LogP contribution in [-0.2, 0) is 6.54 Å². The Morgan fingerprint density at radius 3 is 2.53 bits per heavy atom. The molecule has 2 aromatic heterocycles. The summed E-state index contributed by atoms with van der Waals surface area (Å²) in [5.74, 6) is -2.58. The number of amides is 1. The monoisotopic (exact) mass is 439 g/mol. The molecule has 0 fully saturated rings. The van der Waals surface area contributed by atoms with E-state index in [0.717, 1.165) is 17.7 Å². The number of aromatic nitrogens is 4. The third-order valence-electron chi connectivity index (χ3n) is 4.65. The number of benzene rings is 2. The van der Waals surface area contributed by atoms with E-state index >= 15 is 0 Å². The van der Waals surface area contributed by atoms with E-state index in [1.807, 2.05) is 12.1 Å². The van der Waals surface area contributed by atoms with Gasteiger partial charge in [-0.15, -0.1) is 5.10 Å². The Kier molecular flexibility index (Phi) is 5.67. The SMILES string of the molecule is CC(C)NC(=O)Oc1cn(-c2ccc(Cn3ccnn3)cc2)c2cc(F)c(F)cc2c1=O. The molecule has 4 aromatic rings. The van der Waals surface area contributed by atoms with Gasteiger partial charge in [0.2, 0.25) is 5.43 Å². The molecule has 0 radical (unpaired) electrons. The van der Waals surface area contributed by atoms with Crippen LogP contribution in [0.15, 0.2) is 59.8 Å². The molecule has 2 aromatic carbocycles. The molecule has 8 nitrogen and oxygen atoms in total. The molecular formula is C22H19F2N5O3. The lowest BCUT2D eigenvalue weighted by molar-refractivity contribution is 0.197. The van der Waals surface area contributed by atoms with Crippen molar-refractivity contribution in [1.29, 1.82) is 0 Å². The quantitative estimate of drug-likeness (QED) is 0.515. The number of nitrogens with zero attached hydrogens (tertiary/aromatic N) is 4. The van der Waals surface area contributed by atoms with Crippen LogP contribution in [-0.4, -0.2) is 31.7 Å². The van der Waals surface area contributed by atoms with E-state index in [2.05, 4.69) is 15.6 Å². The van der Waals surface area contributed by atoms with Crippen molar-refractivity contribution in [1.82, 2.24) is 24.9 Å². The lowest BCUT2D eigenvalue weighted by atomic mass is 10.1. The Morgan fingerprint density at radius 1 is 1.16 bits per heavy atom. The third-order valence-corrected chi connectivity index (χ3v) is 4.65. The predicted octanol–water partition coefficient (Wildman–Crippen LogP) is 3.41. The maximum atomic E-state index is 14.0. The van der Waals surface area contributed by atoms with E-state index in [4.69, 9.17) is 4.74 Å². The van der Waals surface area contributed by atoms with Crippen LogP contribution in [0, 0.1) is 11.6 Å². The van der Waals surface area contributed by atoms with Crippen molar-refractivity contribution in [3.8, 4) is 11.4 Å². The first-order valence-corrected chi connectivity index (χ1v) is 9.78. The van der Waals surface area contributed by atoms with Crippen molar-refractivity contribution in [2.75, 3.05) is 0 Å². The lowest BCUT2D eigenvalue weighted by Crippen LogP contribution is -2.34. The molecule has 0 bridgehead atoms. The summed E-state index contributed by atoms with van der Waals surface area (Å²) in [5.41, 5.74) is 0.887. The van der Waals surface area contributed by atoms with Crippen molar-refractivity contribution >= 4 is 17.0 Å². The maximum Gasteiger partial charge on any atom is 0.412 e. The molecule has 0 aliphatic carbocycles. The van der Waals surface area contributed by atoms with Crippen LogP contribution >= 0.6 is 0 Å². The molecule has 0 spiro atoms. The molecule has 0 aliphatic heterocycles. The zero-order valence-electron chi connectivity index (χ0n) is 17.3. The third kappa shape index (κ3) is 4.34. The molecule has 0 atom stereocenters. The van der Waals surface area contributed by atoms with Crippen LogP contribution in [0.3, 0.4) is 0 Å². The van der Waals surface area contributed by atoms with E-state index in [0.29, 0.717) is 12.2 Å². The van der Waals surface area contributed by atoms with Gasteiger partial charge >= 0.3 is 6.09 Å². The van der Waals surface area contributed by atoms with Gasteiger partial charge in [0.05, 0.1) is 29.8 Å². The number of ether oxygens (including phenoxy) is 1. The molecule has 164 valence electrons. The van der Waals surface area contributed by atoms with Crippen molar-refractivity contribution < 1.29 is 18.3 Å². The highest BCUT2D eigenvalue weighted by Gasteiger charge is 2.17. The summed E-state index contributed by atoms with van der Waals surface area (Å²) in [6.45, 7) is 3.96. The number of hydrogen-bond acceptors (Lipinski definition) is 5. The number of carbonyl (C=O) groups is 1. The summed E-state index contributed by atoms with van der Waals surface area (Å²) >= 11 is 0. The van der Waals surface area contributed by atoms with Gasteiger partial charge in [-0.3, -0.25) is 4.79 Å². The minimum Gasteiger partial charge on any atom is -0.405 e. The molecule has 1 N–H and O–H groups in total. The van der Waals surface area contributed by atoms with Crippen LogP contribution in [0.4, 0.5) is 13.6 Å². The zero-order chi connectivity index (χ0) is 22.8. The first-order valence-electron chi connectivity index (χ1n) is 9.78. The average molecular weight is 439 g/mol. The van der Waals surface area contributed by atoms with Gasteiger partial charge in [-0.25, -0.2) is 18.3 Å². The normalized spacial score (nSPS) is 11.2. The summed E-state index contributed by atoms with van der Waals surface area (Å²) in [4.78, 5) is 24.9. The van der Waals surface area contributed by atoms with Gasteiger partial charge in [0.25, 0.3) is 0 Å². The number of carbonyl (C=O) groups excluding carboxylic acids is 1. The molecule has 32 heavy (non-hydrogen) atoms. The molecule has 0 aliphatic rings.